The zero-order chi connectivity index (χ0) is 18.8. The van der Waals surface area contributed by atoms with Gasteiger partial charge in [0.25, 0.3) is 0 Å². The van der Waals surface area contributed by atoms with Crippen molar-refractivity contribution in [1.82, 2.24) is 0 Å². The van der Waals surface area contributed by atoms with Crippen molar-refractivity contribution in [1.29, 1.82) is 0 Å². The van der Waals surface area contributed by atoms with Crippen molar-refractivity contribution in [3.63, 3.8) is 0 Å². The van der Waals surface area contributed by atoms with Gasteiger partial charge in [0, 0.05) is 0 Å². The first-order chi connectivity index (χ1) is 12.4. The lowest BCUT2D eigenvalue weighted by Gasteiger charge is -2.12. The fourth-order valence-corrected chi connectivity index (χ4v) is 3.35. The van der Waals surface area contributed by atoms with Crippen molar-refractivity contribution in [3.8, 4) is 11.5 Å². The Balaban J connectivity index is 1.77. The van der Waals surface area contributed by atoms with Crippen molar-refractivity contribution in [2.75, 3.05) is 0 Å². The van der Waals surface area contributed by atoms with Crippen LogP contribution in [0.25, 0.3) is 0 Å². The van der Waals surface area contributed by atoms with E-state index in [-0.39, 0.29) is 0 Å². The molecule has 0 aliphatic carbocycles. The predicted molar refractivity (Wildman–Crippen MR) is 107 cm³/mol. The number of benzene rings is 3. The Kier molecular flexibility index (Phi) is 5.03. The van der Waals surface area contributed by atoms with Crippen LogP contribution in [0.4, 0.5) is 0 Å². The summed E-state index contributed by atoms with van der Waals surface area (Å²) in [4.78, 5) is 0. The van der Waals surface area contributed by atoms with E-state index in [1.165, 1.54) is 11.1 Å². The van der Waals surface area contributed by atoms with Gasteiger partial charge in [-0.15, -0.1) is 0 Å². The quantitative estimate of drug-likeness (QED) is 0.653. The number of phenolic OH excluding ortho intramolecular Hbond substituents is 2. The summed E-state index contributed by atoms with van der Waals surface area (Å²) >= 11 is 0. The summed E-state index contributed by atoms with van der Waals surface area (Å²) in [7, 11) is 0. The van der Waals surface area contributed by atoms with Crippen LogP contribution >= 0.6 is 0 Å². The molecule has 2 nitrogen and oxygen atoms in total. The third-order valence-electron chi connectivity index (χ3n) is 5.30. The highest BCUT2D eigenvalue weighted by atomic mass is 16.3. The van der Waals surface area contributed by atoms with Crippen LogP contribution in [0.2, 0.25) is 0 Å². The molecular weight excluding hydrogens is 320 g/mol. The Hall–Kier alpha value is -2.74. The highest BCUT2D eigenvalue weighted by Crippen LogP contribution is 2.28. The van der Waals surface area contributed by atoms with Crippen LogP contribution in [0.5, 0.6) is 11.5 Å². The van der Waals surface area contributed by atoms with Gasteiger partial charge in [0.15, 0.2) is 0 Å². The van der Waals surface area contributed by atoms with Crippen LogP contribution < -0.4 is 0 Å². The predicted octanol–water partition coefficient (Wildman–Crippen LogP) is 5.51. The van der Waals surface area contributed by atoms with E-state index >= 15 is 0 Å². The van der Waals surface area contributed by atoms with Gasteiger partial charge in [-0.3, -0.25) is 0 Å². The smallest absolute Gasteiger partial charge is 0.121 e. The summed E-state index contributed by atoms with van der Waals surface area (Å²) in [5, 5.41) is 20.2. The standard InChI is InChI=1S/C24H26O2/c1-15-5-11-21(17(3)23(15)25)13-19-7-9-20(10-8-19)14-22-12-6-16(2)24(26)18(22)4/h5-12,25-26H,13-14H2,1-4H3. The molecular formula is C24H26O2. The Morgan fingerprint density at radius 3 is 1.23 bits per heavy atom. The van der Waals surface area contributed by atoms with Crippen molar-refractivity contribution >= 4 is 0 Å². The molecule has 2 heteroatoms. The van der Waals surface area contributed by atoms with Gasteiger partial charge in [0.05, 0.1) is 0 Å². The topological polar surface area (TPSA) is 40.5 Å². The maximum Gasteiger partial charge on any atom is 0.121 e. The van der Waals surface area contributed by atoms with Gasteiger partial charge in [0.1, 0.15) is 11.5 Å². The zero-order valence-corrected chi connectivity index (χ0v) is 15.9. The van der Waals surface area contributed by atoms with E-state index < -0.39 is 0 Å². The minimum Gasteiger partial charge on any atom is -0.507 e. The van der Waals surface area contributed by atoms with Gasteiger partial charge < -0.3 is 10.2 Å². The summed E-state index contributed by atoms with van der Waals surface area (Å²) in [5.41, 5.74) is 8.50. The molecule has 0 aromatic heterocycles. The van der Waals surface area contributed by atoms with Gasteiger partial charge in [-0.2, -0.15) is 0 Å². The molecule has 2 N–H and O–H groups in total. The fraction of sp³-hybridized carbons (Fsp3) is 0.250. The number of aryl methyl sites for hydroxylation is 2. The molecule has 0 bridgehead atoms. The molecule has 0 amide bonds. The maximum atomic E-state index is 10.1. The Morgan fingerprint density at radius 2 is 0.885 bits per heavy atom. The van der Waals surface area contributed by atoms with Crippen LogP contribution in [0.1, 0.15) is 44.5 Å². The third-order valence-corrected chi connectivity index (χ3v) is 5.30. The Morgan fingerprint density at radius 1 is 0.538 bits per heavy atom. The van der Waals surface area contributed by atoms with E-state index in [0.717, 1.165) is 46.2 Å². The summed E-state index contributed by atoms with van der Waals surface area (Å²) < 4.78 is 0. The number of phenols is 2. The first kappa shape index (κ1) is 18.1. The van der Waals surface area contributed by atoms with E-state index in [4.69, 9.17) is 0 Å². The van der Waals surface area contributed by atoms with Gasteiger partial charge in [-0.1, -0.05) is 48.5 Å². The molecule has 3 aromatic carbocycles. The molecule has 3 aromatic rings. The highest BCUT2D eigenvalue weighted by molar-refractivity contribution is 5.47. The second kappa shape index (κ2) is 7.25. The molecule has 3 rings (SSSR count). The molecule has 134 valence electrons. The lowest BCUT2D eigenvalue weighted by atomic mass is 9.95. The molecule has 0 fully saturated rings. The largest absolute Gasteiger partial charge is 0.507 e. The minimum absolute atomic E-state index is 0.397. The zero-order valence-electron chi connectivity index (χ0n) is 15.9. The summed E-state index contributed by atoms with van der Waals surface area (Å²) in [6.45, 7) is 7.79. The van der Waals surface area contributed by atoms with E-state index in [9.17, 15) is 10.2 Å². The summed E-state index contributed by atoms with van der Waals surface area (Å²) in [6.07, 6.45) is 1.62. The average Bonchev–Trinajstić information content (AvgIpc) is 2.64. The monoisotopic (exact) mass is 346 g/mol. The molecule has 0 unspecified atom stereocenters. The third kappa shape index (κ3) is 3.60. The number of rotatable bonds is 4. The van der Waals surface area contributed by atoms with E-state index in [1.807, 2.05) is 39.8 Å². The van der Waals surface area contributed by atoms with Gasteiger partial charge in [0.2, 0.25) is 0 Å². The molecule has 0 saturated heterocycles. The first-order valence-electron chi connectivity index (χ1n) is 9.00. The van der Waals surface area contributed by atoms with Crippen LogP contribution in [-0.2, 0) is 12.8 Å². The normalized spacial score (nSPS) is 10.9. The van der Waals surface area contributed by atoms with Gasteiger partial charge >= 0.3 is 0 Å². The van der Waals surface area contributed by atoms with Crippen molar-refractivity contribution in [3.05, 3.63) is 93.0 Å². The summed E-state index contributed by atoms with van der Waals surface area (Å²) in [5.74, 6) is 0.794. The van der Waals surface area contributed by atoms with Crippen LogP contribution in [0, 0.1) is 27.7 Å². The fourth-order valence-electron chi connectivity index (χ4n) is 3.35. The van der Waals surface area contributed by atoms with Gasteiger partial charge in [-0.05, 0) is 85.0 Å². The van der Waals surface area contributed by atoms with Crippen molar-refractivity contribution in [2.24, 2.45) is 0 Å². The van der Waals surface area contributed by atoms with E-state index in [1.54, 1.807) is 0 Å². The Bertz CT molecular complexity index is 859. The molecule has 0 atom stereocenters. The second-order valence-corrected chi connectivity index (χ2v) is 7.20. The second-order valence-electron chi connectivity index (χ2n) is 7.20. The number of hydrogen-bond donors (Lipinski definition) is 2. The molecule has 0 radical (unpaired) electrons. The maximum absolute atomic E-state index is 10.1. The first-order valence-corrected chi connectivity index (χ1v) is 9.00. The van der Waals surface area contributed by atoms with E-state index in [2.05, 4.69) is 36.4 Å². The average molecular weight is 346 g/mol. The molecule has 0 heterocycles. The van der Waals surface area contributed by atoms with Crippen LogP contribution in [0.3, 0.4) is 0 Å². The highest BCUT2D eigenvalue weighted by Gasteiger charge is 2.09. The number of aromatic hydroxyl groups is 2. The van der Waals surface area contributed by atoms with Crippen LogP contribution in [0.15, 0.2) is 48.5 Å². The SMILES string of the molecule is Cc1ccc(Cc2ccc(Cc3ccc(C)c(O)c3C)cc2)c(C)c1O. The molecule has 0 aliphatic rings. The number of hydrogen-bond acceptors (Lipinski definition) is 2. The lowest BCUT2D eigenvalue weighted by Crippen LogP contribution is -1.96. The van der Waals surface area contributed by atoms with Gasteiger partial charge in [-0.25, -0.2) is 0 Å². The van der Waals surface area contributed by atoms with Crippen molar-refractivity contribution < 1.29 is 10.2 Å². The minimum atomic E-state index is 0.397. The van der Waals surface area contributed by atoms with Crippen LogP contribution in [-0.4, -0.2) is 10.2 Å². The molecule has 0 saturated carbocycles. The Labute approximate surface area is 155 Å². The van der Waals surface area contributed by atoms with E-state index in [0.29, 0.717) is 11.5 Å². The van der Waals surface area contributed by atoms with Crippen molar-refractivity contribution in [2.45, 2.75) is 40.5 Å². The summed E-state index contributed by atoms with van der Waals surface area (Å²) in [6, 6.07) is 16.7. The molecule has 0 spiro atoms. The molecule has 26 heavy (non-hydrogen) atoms. The lowest BCUT2D eigenvalue weighted by molar-refractivity contribution is 0.465. The molecule has 0 aliphatic heterocycles.